The Morgan fingerprint density at radius 1 is 1.36 bits per heavy atom. The lowest BCUT2D eigenvalue weighted by atomic mass is 10.0. The molecule has 2 rings (SSSR count). The Morgan fingerprint density at radius 3 is 2.73 bits per heavy atom. The average Bonchev–Trinajstić information content (AvgIpc) is 2.97. The highest BCUT2D eigenvalue weighted by atomic mass is 35.6. The van der Waals surface area contributed by atoms with E-state index in [-0.39, 0.29) is 5.82 Å². The number of hydrogen-bond donors (Lipinski definition) is 1. The fourth-order valence-corrected chi connectivity index (χ4v) is 2.26. The van der Waals surface area contributed by atoms with Crippen LogP contribution in [-0.2, 0) is 3.79 Å². The zero-order chi connectivity index (χ0) is 16.2. The van der Waals surface area contributed by atoms with Gasteiger partial charge < -0.3 is 9.72 Å². The van der Waals surface area contributed by atoms with Gasteiger partial charge in [0, 0.05) is 5.56 Å². The van der Waals surface area contributed by atoms with Crippen LogP contribution in [0.2, 0.25) is 0 Å². The molecule has 3 nitrogen and oxygen atoms in total. The number of ether oxygens (including phenoxy) is 1. The minimum absolute atomic E-state index is 0.278. The minimum atomic E-state index is -1.58. The SMILES string of the molecule is C=Cc1ccc(OCCCC)cc1-c1cnc(C(Cl)(Cl)Cl)[nH]1. The smallest absolute Gasteiger partial charge is 0.248 e. The van der Waals surface area contributed by atoms with Crippen LogP contribution in [-0.4, -0.2) is 16.6 Å². The van der Waals surface area contributed by atoms with Crippen molar-refractivity contribution >= 4 is 40.9 Å². The van der Waals surface area contributed by atoms with Crippen LogP contribution in [0.4, 0.5) is 0 Å². The third kappa shape index (κ3) is 4.19. The van der Waals surface area contributed by atoms with Crippen molar-refractivity contribution in [3.63, 3.8) is 0 Å². The highest BCUT2D eigenvalue weighted by Crippen LogP contribution is 2.37. The van der Waals surface area contributed by atoms with Gasteiger partial charge in [-0.2, -0.15) is 0 Å². The molecule has 1 aromatic carbocycles. The molecule has 0 aliphatic rings. The first-order chi connectivity index (χ1) is 10.5. The fourth-order valence-electron chi connectivity index (χ4n) is 1.97. The van der Waals surface area contributed by atoms with Crippen molar-refractivity contribution in [1.29, 1.82) is 0 Å². The van der Waals surface area contributed by atoms with Crippen LogP contribution in [0, 0.1) is 0 Å². The van der Waals surface area contributed by atoms with Gasteiger partial charge in [-0.25, -0.2) is 4.98 Å². The van der Waals surface area contributed by atoms with Crippen molar-refractivity contribution in [1.82, 2.24) is 9.97 Å². The number of H-pyrrole nitrogens is 1. The van der Waals surface area contributed by atoms with Gasteiger partial charge in [-0.1, -0.05) is 66.9 Å². The standard InChI is InChI=1S/C16H17Cl3N2O/c1-3-5-8-22-12-7-6-11(4-2)13(9-12)14-10-20-15(21-14)16(17,18)19/h4,6-7,9-10H,2-3,5,8H2,1H3,(H,20,21). The molecule has 0 aliphatic heterocycles. The van der Waals surface area contributed by atoms with Crippen LogP contribution in [0.1, 0.15) is 31.2 Å². The summed E-state index contributed by atoms with van der Waals surface area (Å²) in [5.41, 5.74) is 2.59. The second-order valence-electron chi connectivity index (χ2n) is 4.80. The first-order valence-electron chi connectivity index (χ1n) is 6.97. The Morgan fingerprint density at radius 2 is 2.14 bits per heavy atom. The van der Waals surface area contributed by atoms with E-state index in [0.717, 1.165) is 35.4 Å². The van der Waals surface area contributed by atoms with E-state index in [4.69, 9.17) is 39.5 Å². The fraction of sp³-hybridized carbons (Fsp3) is 0.312. The Kier molecular flexibility index (Phi) is 5.79. The van der Waals surface area contributed by atoms with Crippen LogP contribution in [0.5, 0.6) is 5.75 Å². The van der Waals surface area contributed by atoms with Gasteiger partial charge in [-0.05, 0) is 24.1 Å². The third-order valence-electron chi connectivity index (χ3n) is 3.15. The number of nitrogens with zero attached hydrogens (tertiary/aromatic N) is 1. The zero-order valence-corrected chi connectivity index (χ0v) is 14.5. The normalized spacial score (nSPS) is 11.5. The molecule has 0 spiro atoms. The number of imidazole rings is 1. The second kappa shape index (κ2) is 7.40. The summed E-state index contributed by atoms with van der Waals surface area (Å²) < 4.78 is 4.15. The molecule has 0 aliphatic carbocycles. The summed E-state index contributed by atoms with van der Waals surface area (Å²) in [7, 11) is 0. The molecule has 2 aromatic rings. The molecule has 0 fully saturated rings. The largest absolute Gasteiger partial charge is 0.494 e. The Balaban J connectivity index is 2.33. The summed E-state index contributed by atoms with van der Waals surface area (Å²) in [6.45, 7) is 6.63. The van der Waals surface area contributed by atoms with Gasteiger partial charge in [0.25, 0.3) is 0 Å². The molecule has 6 heteroatoms. The van der Waals surface area contributed by atoms with Crippen LogP contribution in [0.15, 0.2) is 31.0 Å². The summed E-state index contributed by atoms with van der Waals surface area (Å²) in [4.78, 5) is 7.15. The summed E-state index contributed by atoms with van der Waals surface area (Å²) in [5, 5.41) is 0. The van der Waals surface area contributed by atoms with Gasteiger partial charge in [0.15, 0.2) is 5.82 Å². The molecule has 0 bridgehead atoms. The van der Waals surface area contributed by atoms with E-state index in [9.17, 15) is 0 Å². The topological polar surface area (TPSA) is 37.9 Å². The molecule has 118 valence electrons. The maximum atomic E-state index is 5.84. The van der Waals surface area contributed by atoms with Gasteiger partial charge >= 0.3 is 0 Å². The van der Waals surface area contributed by atoms with Crippen molar-refractivity contribution in [3.05, 3.63) is 42.4 Å². The van der Waals surface area contributed by atoms with Crippen LogP contribution in [0.25, 0.3) is 17.3 Å². The van der Waals surface area contributed by atoms with E-state index in [1.807, 2.05) is 18.2 Å². The third-order valence-corrected chi connectivity index (χ3v) is 3.68. The average molecular weight is 360 g/mol. The Labute approximate surface area is 145 Å². The zero-order valence-electron chi connectivity index (χ0n) is 12.2. The Bertz CT molecular complexity index is 647. The molecule has 0 radical (unpaired) electrons. The maximum absolute atomic E-state index is 5.84. The predicted octanol–water partition coefficient (Wildman–Crippen LogP) is 5.73. The molecular weight excluding hydrogens is 343 g/mol. The van der Waals surface area contributed by atoms with E-state index in [0.29, 0.717) is 6.61 Å². The lowest BCUT2D eigenvalue weighted by molar-refractivity contribution is 0.309. The van der Waals surface area contributed by atoms with E-state index in [1.54, 1.807) is 12.3 Å². The van der Waals surface area contributed by atoms with Gasteiger partial charge in [-0.15, -0.1) is 0 Å². The van der Waals surface area contributed by atoms with Gasteiger partial charge in [0.05, 0.1) is 18.5 Å². The summed E-state index contributed by atoms with van der Waals surface area (Å²) in [6.07, 6.45) is 5.50. The minimum Gasteiger partial charge on any atom is -0.494 e. The van der Waals surface area contributed by atoms with E-state index in [1.165, 1.54) is 0 Å². The van der Waals surface area contributed by atoms with Gasteiger partial charge in [0.1, 0.15) is 5.75 Å². The Hall–Kier alpha value is -1.16. The van der Waals surface area contributed by atoms with Crippen molar-refractivity contribution in [2.24, 2.45) is 0 Å². The number of nitrogens with one attached hydrogen (secondary N) is 1. The molecule has 22 heavy (non-hydrogen) atoms. The number of aromatic amines is 1. The second-order valence-corrected chi connectivity index (χ2v) is 7.08. The van der Waals surface area contributed by atoms with Crippen molar-refractivity contribution in [2.45, 2.75) is 23.6 Å². The molecule has 0 amide bonds. The number of alkyl halides is 3. The quantitative estimate of drug-likeness (QED) is 0.528. The van der Waals surface area contributed by atoms with Crippen molar-refractivity contribution in [2.75, 3.05) is 6.61 Å². The first kappa shape index (κ1) is 17.2. The van der Waals surface area contributed by atoms with Crippen LogP contribution in [0.3, 0.4) is 0 Å². The molecule has 0 unspecified atom stereocenters. The highest BCUT2D eigenvalue weighted by molar-refractivity contribution is 6.66. The first-order valence-corrected chi connectivity index (χ1v) is 8.11. The summed E-state index contributed by atoms with van der Waals surface area (Å²) in [6, 6.07) is 5.80. The summed E-state index contributed by atoms with van der Waals surface area (Å²) in [5.74, 6) is 1.07. The van der Waals surface area contributed by atoms with Crippen molar-refractivity contribution in [3.8, 4) is 17.0 Å². The number of rotatable bonds is 6. The number of aromatic nitrogens is 2. The number of hydrogen-bond acceptors (Lipinski definition) is 2. The van der Waals surface area contributed by atoms with Gasteiger partial charge in [-0.3, -0.25) is 0 Å². The van der Waals surface area contributed by atoms with Crippen molar-refractivity contribution < 1.29 is 4.74 Å². The lowest BCUT2D eigenvalue weighted by Gasteiger charge is -2.10. The lowest BCUT2D eigenvalue weighted by Crippen LogP contribution is -2.02. The molecule has 1 heterocycles. The van der Waals surface area contributed by atoms with Crippen LogP contribution < -0.4 is 4.74 Å². The molecule has 1 aromatic heterocycles. The van der Waals surface area contributed by atoms with Crippen LogP contribution >= 0.6 is 34.8 Å². The maximum Gasteiger partial charge on any atom is 0.248 e. The highest BCUT2D eigenvalue weighted by Gasteiger charge is 2.26. The molecule has 0 saturated carbocycles. The molecular formula is C16H17Cl3N2O. The molecule has 0 atom stereocenters. The number of benzene rings is 1. The molecule has 0 saturated heterocycles. The monoisotopic (exact) mass is 358 g/mol. The summed E-state index contributed by atoms with van der Waals surface area (Å²) >= 11 is 17.5. The molecule has 1 N–H and O–H groups in total. The van der Waals surface area contributed by atoms with E-state index >= 15 is 0 Å². The number of unbranched alkanes of at least 4 members (excludes halogenated alkanes) is 1. The number of halogens is 3. The van der Waals surface area contributed by atoms with E-state index < -0.39 is 3.79 Å². The predicted molar refractivity (Wildman–Crippen MR) is 93.8 cm³/mol. The van der Waals surface area contributed by atoms with Gasteiger partial charge in [0.2, 0.25) is 3.79 Å². The van der Waals surface area contributed by atoms with E-state index in [2.05, 4.69) is 23.5 Å².